The van der Waals surface area contributed by atoms with Crippen LogP contribution in [0.4, 0.5) is 0 Å². The highest BCUT2D eigenvalue weighted by molar-refractivity contribution is 7.13. The lowest BCUT2D eigenvalue weighted by Gasteiger charge is -1.97. The number of thiophene rings is 1. The van der Waals surface area contributed by atoms with Crippen molar-refractivity contribution in [2.24, 2.45) is 5.73 Å². The van der Waals surface area contributed by atoms with Crippen LogP contribution < -0.4 is 5.73 Å². The summed E-state index contributed by atoms with van der Waals surface area (Å²) in [6.45, 7) is 1.47. The summed E-state index contributed by atoms with van der Waals surface area (Å²) in [5, 5.41) is 6.59. The molecule has 0 saturated carbocycles. The molecule has 0 atom stereocenters. The van der Waals surface area contributed by atoms with E-state index < -0.39 is 0 Å². The maximum atomic E-state index is 5.56. The molecule has 0 saturated heterocycles. The first-order valence-corrected chi connectivity index (χ1v) is 6.05. The molecule has 4 nitrogen and oxygen atoms in total. The molecule has 90 valence electrons. The fraction of sp³-hybridized carbons (Fsp3) is 0.182. The van der Waals surface area contributed by atoms with Crippen molar-refractivity contribution >= 4 is 29.4 Å². The SMILES string of the molecule is Cl.NCCn1ccn2nc(-c3cccs3)cc12. The molecule has 6 heteroatoms. The van der Waals surface area contributed by atoms with Gasteiger partial charge in [-0.2, -0.15) is 5.10 Å². The quantitative estimate of drug-likeness (QED) is 0.792. The van der Waals surface area contributed by atoms with Gasteiger partial charge in [0.05, 0.1) is 4.88 Å². The fourth-order valence-corrected chi connectivity index (χ4v) is 2.48. The van der Waals surface area contributed by atoms with Crippen LogP contribution in [0.5, 0.6) is 0 Å². The lowest BCUT2D eigenvalue weighted by atomic mass is 10.3. The Bertz CT molecular complexity index is 596. The molecule has 0 aliphatic carbocycles. The van der Waals surface area contributed by atoms with Crippen LogP contribution in [-0.4, -0.2) is 20.7 Å². The van der Waals surface area contributed by atoms with Gasteiger partial charge in [0.25, 0.3) is 0 Å². The van der Waals surface area contributed by atoms with Crippen LogP contribution in [0.1, 0.15) is 0 Å². The molecule has 17 heavy (non-hydrogen) atoms. The van der Waals surface area contributed by atoms with Crippen molar-refractivity contribution in [3.05, 3.63) is 36.0 Å². The van der Waals surface area contributed by atoms with Crippen LogP contribution in [0.15, 0.2) is 36.0 Å². The van der Waals surface area contributed by atoms with Crippen molar-refractivity contribution in [1.29, 1.82) is 0 Å². The average molecular weight is 269 g/mol. The van der Waals surface area contributed by atoms with E-state index in [0.29, 0.717) is 6.54 Å². The Balaban J connectivity index is 0.00000108. The average Bonchev–Trinajstić information content (AvgIpc) is 2.93. The number of imidazole rings is 1. The third-order valence-corrected chi connectivity index (χ3v) is 3.43. The molecule has 0 amide bonds. The lowest BCUT2D eigenvalue weighted by molar-refractivity contribution is 0.730. The second kappa shape index (κ2) is 4.91. The van der Waals surface area contributed by atoms with Crippen LogP contribution >= 0.6 is 23.7 Å². The Morgan fingerprint density at radius 2 is 2.24 bits per heavy atom. The van der Waals surface area contributed by atoms with Crippen molar-refractivity contribution in [2.75, 3.05) is 6.54 Å². The molecular formula is C11H13ClN4S. The zero-order valence-electron chi connectivity index (χ0n) is 9.11. The lowest BCUT2D eigenvalue weighted by Crippen LogP contribution is -2.08. The summed E-state index contributed by atoms with van der Waals surface area (Å²) in [5.74, 6) is 0. The van der Waals surface area contributed by atoms with Crippen LogP contribution in [0, 0.1) is 0 Å². The molecule has 0 aliphatic rings. The first-order valence-electron chi connectivity index (χ1n) is 5.17. The molecule has 0 spiro atoms. The minimum Gasteiger partial charge on any atom is -0.330 e. The Hall–Kier alpha value is -1.30. The van der Waals surface area contributed by atoms with Gasteiger partial charge in [0, 0.05) is 31.5 Å². The molecule has 0 aromatic carbocycles. The second-order valence-corrected chi connectivity index (χ2v) is 4.54. The summed E-state index contributed by atoms with van der Waals surface area (Å²) < 4.78 is 4.01. The van der Waals surface area contributed by atoms with Crippen molar-refractivity contribution in [3.8, 4) is 10.6 Å². The van der Waals surface area contributed by atoms with Crippen molar-refractivity contribution < 1.29 is 0 Å². The van der Waals surface area contributed by atoms with Gasteiger partial charge < -0.3 is 10.3 Å². The third kappa shape index (κ3) is 2.09. The summed E-state index contributed by atoms with van der Waals surface area (Å²) in [4.78, 5) is 1.20. The van der Waals surface area contributed by atoms with E-state index in [2.05, 4.69) is 27.2 Å². The summed E-state index contributed by atoms with van der Waals surface area (Å²) >= 11 is 1.70. The van der Waals surface area contributed by atoms with Gasteiger partial charge in [-0.25, -0.2) is 4.52 Å². The zero-order chi connectivity index (χ0) is 11.0. The Labute approximate surface area is 109 Å². The van der Waals surface area contributed by atoms with E-state index in [1.807, 2.05) is 23.0 Å². The Kier molecular flexibility index (Phi) is 3.51. The van der Waals surface area contributed by atoms with Gasteiger partial charge in [-0.05, 0) is 11.4 Å². The van der Waals surface area contributed by atoms with E-state index in [0.717, 1.165) is 17.9 Å². The Morgan fingerprint density at radius 3 is 2.94 bits per heavy atom. The van der Waals surface area contributed by atoms with Gasteiger partial charge in [0.15, 0.2) is 0 Å². The highest BCUT2D eigenvalue weighted by Gasteiger charge is 2.07. The number of aromatic nitrogens is 3. The standard InChI is InChI=1S/C11H12N4S.ClH/c12-3-4-14-5-6-15-11(14)8-9(13-15)10-2-1-7-16-10;/h1-2,5-8H,3-4,12H2;1H. The fourth-order valence-electron chi connectivity index (χ4n) is 1.80. The Morgan fingerprint density at radius 1 is 1.35 bits per heavy atom. The first kappa shape index (κ1) is 12.2. The molecule has 3 rings (SSSR count). The number of hydrogen-bond donors (Lipinski definition) is 1. The van der Waals surface area contributed by atoms with Gasteiger partial charge in [0.1, 0.15) is 11.3 Å². The van der Waals surface area contributed by atoms with Crippen molar-refractivity contribution in [3.63, 3.8) is 0 Å². The van der Waals surface area contributed by atoms with E-state index in [9.17, 15) is 0 Å². The van der Waals surface area contributed by atoms with Gasteiger partial charge in [-0.15, -0.1) is 23.7 Å². The van der Waals surface area contributed by atoms with Crippen molar-refractivity contribution in [1.82, 2.24) is 14.2 Å². The predicted octanol–water partition coefficient (Wildman–Crippen LogP) is 2.24. The summed E-state index contributed by atoms with van der Waals surface area (Å²) in [7, 11) is 0. The van der Waals surface area contributed by atoms with E-state index >= 15 is 0 Å². The summed E-state index contributed by atoms with van der Waals surface area (Å²) in [6, 6.07) is 6.22. The first-order chi connectivity index (χ1) is 7.88. The molecule has 0 aliphatic heterocycles. The topological polar surface area (TPSA) is 48.2 Å². The minimum absolute atomic E-state index is 0. The van der Waals surface area contributed by atoms with Gasteiger partial charge >= 0.3 is 0 Å². The largest absolute Gasteiger partial charge is 0.330 e. The van der Waals surface area contributed by atoms with Gasteiger partial charge in [-0.3, -0.25) is 0 Å². The molecule has 2 N–H and O–H groups in total. The third-order valence-electron chi connectivity index (χ3n) is 2.54. The van der Waals surface area contributed by atoms with Gasteiger partial charge in [0.2, 0.25) is 0 Å². The molecule has 3 aromatic rings. The maximum absolute atomic E-state index is 5.56. The second-order valence-electron chi connectivity index (χ2n) is 3.59. The van der Waals surface area contributed by atoms with E-state index in [1.165, 1.54) is 4.88 Å². The normalized spacial score (nSPS) is 10.6. The van der Waals surface area contributed by atoms with Crippen LogP contribution in [-0.2, 0) is 6.54 Å². The van der Waals surface area contributed by atoms with Crippen LogP contribution in [0.25, 0.3) is 16.2 Å². The number of hydrogen-bond acceptors (Lipinski definition) is 3. The maximum Gasteiger partial charge on any atom is 0.136 e. The number of fused-ring (bicyclic) bond motifs is 1. The number of nitrogens with two attached hydrogens (primary N) is 1. The minimum atomic E-state index is 0. The molecular weight excluding hydrogens is 256 g/mol. The van der Waals surface area contributed by atoms with Crippen LogP contribution in [0.2, 0.25) is 0 Å². The van der Waals surface area contributed by atoms with E-state index in [-0.39, 0.29) is 12.4 Å². The molecule has 3 aromatic heterocycles. The molecule has 0 bridgehead atoms. The molecule has 0 unspecified atom stereocenters. The van der Waals surface area contributed by atoms with Crippen LogP contribution in [0.3, 0.4) is 0 Å². The monoisotopic (exact) mass is 268 g/mol. The number of nitrogens with zero attached hydrogens (tertiary/aromatic N) is 3. The van der Waals surface area contributed by atoms with Crippen molar-refractivity contribution in [2.45, 2.75) is 6.54 Å². The van der Waals surface area contributed by atoms with Gasteiger partial charge in [-0.1, -0.05) is 6.07 Å². The molecule has 0 fully saturated rings. The predicted molar refractivity (Wildman–Crippen MR) is 72.8 cm³/mol. The summed E-state index contributed by atoms with van der Waals surface area (Å²) in [6.07, 6.45) is 3.97. The molecule has 0 radical (unpaired) electrons. The number of halogens is 1. The smallest absolute Gasteiger partial charge is 0.136 e. The highest BCUT2D eigenvalue weighted by atomic mass is 35.5. The molecule has 3 heterocycles. The zero-order valence-corrected chi connectivity index (χ0v) is 10.7. The number of rotatable bonds is 3. The van der Waals surface area contributed by atoms with E-state index in [4.69, 9.17) is 5.73 Å². The van der Waals surface area contributed by atoms with E-state index in [1.54, 1.807) is 11.3 Å². The highest BCUT2D eigenvalue weighted by Crippen LogP contribution is 2.24. The summed E-state index contributed by atoms with van der Waals surface area (Å²) in [5.41, 5.74) is 7.68.